The summed E-state index contributed by atoms with van der Waals surface area (Å²) in [5, 5.41) is 6.67. The van der Waals surface area contributed by atoms with Crippen LogP contribution in [-0.2, 0) is 13.1 Å². The fourth-order valence-electron chi connectivity index (χ4n) is 2.67. The van der Waals surface area contributed by atoms with Crippen LogP contribution in [0.5, 0.6) is 11.5 Å². The van der Waals surface area contributed by atoms with Gasteiger partial charge in [-0.2, -0.15) is 0 Å². The second-order valence-electron chi connectivity index (χ2n) is 6.89. The van der Waals surface area contributed by atoms with Crippen molar-refractivity contribution in [2.45, 2.75) is 20.0 Å². The fourth-order valence-corrected chi connectivity index (χ4v) is 2.67. The topological polar surface area (TPSA) is 58.1 Å². The summed E-state index contributed by atoms with van der Waals surface area (Å²) in [7, 11) is 7.53. The standard InChI is InChI=1S/C22H32N4O2.HI/c1-17-9-10-19(21(13-17)27-5)16-25-22(23-2)24-15-18-7-6-8-20(14-18)28-12-11-26(3)4;/h6-10,13-14H,11-12,15-16H2,1-5H3,(H2,23,24,25);1H. The van der Waals surface area contributed by atoms with Gasteiger partial charge in [-0.15, -0.1) is 24.0 Å². The van der Waals surface area contributed by atoms with Gasteiger partial charge in [0.1, 0.15) is 18.1 Å². The molecule has 0 bridgehead atoms. The van der Waals surface area contributed by atoms with Crippen LogP contribution in [0.4, 0.5) is 0 Å². The second kappa shape index (κ2) is 13.3. The van der Waals surface area contributed by atoms with Crippen molar-refractivity contribution in [1.29, 1.82) is 0 Å². The molecule has 0 amide bonds. The third-order valence-electron chi connectivity index (χ3n) is 4.28. The summed E-state index contributed by atoms with van der Waals surface area (Å²) in [6.07, 6.45) is 0. The number of halogens is 1. The first kappa shape index (κ1) is 25.0. The molecular weight excluding hydrogens is 479 g/mol. The van der Waals surface area contributed by atoms with Gasteiger partial charge >= 0.3 is 0 Å². The lowest BCUT2D eigenvalue weighted by molar-refractivity contribution is 0.261. The zero-order chi connectivity index (χ0) is 20.4. The summed E-state index contributed by atoms with van der Waals surface area (Å²) in [6, 6.07) is 14.3. The quantitative estimate of drug-likeness (QED) is 0.307. The molecule has 0 spiro atoms. The highest BCUT2D eigenvalue weighted by atomic mass is 127. The first-order chi connectivity index (χ1) is 13.5. The molecule has 2 aromatic carbocycles. The molecule has 0 unspecified atom stereocenters. The molecule has 7 heteroatoms. The van der Waals surface area contributed by atoms with E-state index in [1.165, 1.54) is 5.56 Å². The van der Waals surface area contributed by atoms with E-state index >= 15 is 0 Å². The number of methoxy groups -OCH3 is 1. The molecule has 0 aromatic heterocycles. The molecule has 0 saturated carbocycles. The molecule has 2 rings (SSSR count). The van der Waals surface area contributed by atoms with Gasteiger partial charge in [0, 0.05) is 32.2 Å². The number of rotatable bonds is 9. The molecular formula is C22H33IN4O2. The van der Waals surface area contributed by atoms with E-state index < -0.39 is 0 Å². The van der Waals surface area contributed by atoms with Gasteiger partial charge in [-0.3, -0.25) is 4.99 Å². The van der Waals surface area contributed by atoms with Crippen LogP contribution < -0.4 is 20.1 Å². The Hall–Kier alpha value is -2.00. The molecule has 2 aromatic rings. The van der Waals surface area contributed by atoms with Crippen LogP contribution in [0, 0.1) is 6.92 Å². The highest BCUT2D eigenvalue weighted by molar-refractivity contribution is 14.0. The molecule has 0 aliphatic rings. The maximum Gasteiger partial charge on any atom is 0.191 e. The number of nitrogens with one attached hydrogen (secondary N) is 2. The predicted octanol–water partition coefficient (Wildman–Crippen LogP) is 3.43. The number of guanidine groups is 1. The Bertz CT molecular complexity index is 781. The normalized spacial score (nSPS) is 11.0. The van der Waals surface area contributed by atoms with E-state index in [1.807, 2.05) is 32.3 Å². The highest BCUT2D eigenvalue weighted by Crippen LogP contribution is 2.19. The van der Waals surface area contributed by atoms with Crippen molar-refractivity contribution in [3.8, 4) is 11.5 Å². The molecule has 0 aliphatic heterocycles. The zero-order valence-corrected chi connectivity index (χ0v) is 20.3. The van der Waals surface area contributed by atoms with Crippen molar-refractivity contribution in [3.63, 3.8) is 0 Å². The van der Waals surface area contributed by atoms with Crippen LogP contribution in [0.2, 0.25) is 0 Å². The van der Waals surface area contributed by atoms with Gasteiger partial charge in [-0.25, -0.2) is 0 Å². The highest BCUT2D eigenvalue weighted by Gasteiger charge is 2.05. The van der Waals surface area contributed by atoms with E-state index in [4.69, 9.17) is 9.47 Å². The molecule has 0 radical (unpaired) electrons. The predicted molar refractivity (Wildman–Crippen MR) is 131 cm³/mol. The molecule has 6 nitrogen and oxygen atoms in total. The van der Waals surface area contributed by atoms with Crippen molar-refractivity contribution in [1.82, 2.24) is 15.5 Å². The molecule has 0 aliphatic carbocycles. The smallest absolute Gasteiger partial charge is 0.191 e. The summed E-state index contributed by atoms with van der Waals surface area (Å²) in [4.78, 5) is 6.40. The van der Waals surface area contributed by atoms with E-state index in [9.17, 15) is 0 Å². The first-order valence-electron chi connectivity index (χ1n) is 9.46. The minimum atomic E-state index is 0. The van der Waals surface area contributed by atoms with Gasteiger partial charge in [0.05, 0.1) is 7.11 Å². The molecule has 2 N–H and O–H groups in total. The maximum atomic E-state index is 5.80. The van der Waals surface area contributed by atoms with Crippen LogP contribution in [0.15, 0.2) is 47.5 Å². The average Bonchev–Trinajstić information content (AvgIpc) is 2.69. The number of nitrogens with zero attached hydrogens (tertiary/aromatic N) is 2. The Morgan fingerprint density at radius 1 is 1.07 bits per heavy atom. The fraction of sp³-hybridized carbons (Fsp3) is 0.409. The summed E-state index contributed by atoms with van der Waals surface area (Å²) >= 11 is 0. The number of aryl methyl sites for hydroxylation is 1. The largest absolute Gasteiger partial charge is 0.496 e. The molecule has 0 fully saturated rings. The Labute approximate surface area is 191 Å². The van der Waals surface area contributed by atoms with Crippen LogP contribution >= 0.6 is 24.0 Å². The number of likely N-dealkylation sites (N-methyl/N-ethyl adjacent to an activating group) is 1. The van der Waals surface area contributed by atoms with Crippen molar-refractivity contribution >= 4 is 29.9 Å². The minimum Gasteiger partial charge on any atom is -0.496 e. The van der Waals surface area contributed by atoms with Crippen LogP contribution in [0.1, 0.15) is 16.7 Å². The molecule has 29 heavy (non-hydrogen) atoms. The third kappa shape index (κ3) is 8.91. The first-order valence-corrected chi connectivity index (χ1v) is 9.46. The Kier molecular flexibility index (Phi) is 11.5. The summed E-state index contributed by atoms with van der Waals surface area (Å²) in [5.41, 5.74) is 3.40. The summed E-state index contributed by atoms with van der Waals surface area (Å²) in [5.74, 6) is 2.50. The van der Waals surface area contributed by atoms with Crippen molar-refractivity contribution in [3.05, 3.63) is 59.2 Å². The van der Waals surface area contributed by atoms with Gasteiger partial charge in [0.25, 0.3) is 0 Å². The molecule has 0 atom stereocenters. The Balaban J connectivity index is 0.00000420. The molecule has 160 valence electrons. The van der Waals surface area contributed by atoms with E-state index in [0.717, 1.165) is 35.1 Å². The maximum absolute atomic E-state index is 5.80. The monoisotopic (exact) mass is 512 g/mol. The number of hydrogen-bond donors (Lipinski definition) is 2. The van der Waals surface area contributed by atoms with Crippen molar-refractivity contribution in [2.75, 3.05) is 41.4 Å². The van der Waals surface area contributed by atoms with Crippen molar-refractivity contribution in [2.24, 2.45) is 4.99 Å². The number of ether oxygens (including phenoxy) is 2. The van der Waals surface area contributed by atoms with E-state index in [1.54, 1.807) is 14.2 Å². The average molecular weight is 512 g/mol. The van der Waals surface area contributed by atoms with Gasteiger partial charge in [0.2, 0.25) is 0 Å². The van der Waals surface area contributed by atoms with Gasteiger partial charge in [-0.05, 0) is 50.3 Å². The van der Waals surface area contributed by atoms with Gasteiger partial charge in [-0.1, -0.05) is 24.3 Å². The zero-order valence-electron chi connectivity index (χ0n) is 18.0. The minimum absolute atomic E-state index is 0. The lowest BCUT2D eigenvalue weighted by atomic mass is 10.1. The summed E-state index contributed by atoms with van der Waals surface area (Å²) < 4.78 is 11.3. The van der Waals surface area contributed by atoms with E-state index in [2.05, 4.69) is 51.7 Å². The Morgan fingerprint density at radius 3 is 2.52 bits per heavy atom. The van der Waals surface area contributed by atoms with E-state index in [0.29, 0.717) is 19.7 Å². The second-order valence-corrected chi connectivity index (χ2v) is 6.89. The molecule has 0 saturated heterocycles. The SMILES string of the molecule is CN=C(NCc1cccc(OCCN(C)C)c1)NCc1ccc(C)cc1OC.I. The van der Waals surface area contributed by atoms with Crippen molar-refractivity contribution < 1.29 is 9.47 Å². The third-order valence-corrected chi connectivity index (χ3v) is 4.28. The number of benzene rings is 2. The number of aliphatic imine (C=N–C) groups is 1. The lowest BCUT2D eigenvalue weighted by Gasteiger charge is -2.15. The van der Waals surface area contributed by atoms with Gasteiger partial charge < -0.3 is 25.0 Å². The van der Waals surface area contributed by atoms with Crippen LogP contribution in [0.25, 0.3) is 0 Å². The molecule has 0 heterocycles. The number of hydrogen-bond acceptors (Lipinski definition) is 4. The van der Waals surface area contributed by atoms with E-state index in [-0.39, 0.29) is 24.0 Å². The summed E-state index contributed by atoms with van der Waals surface area (Å²) in [6.45, 7) is 4.91. The van der Waals surface area contributed by atoms with Crippen LogP contribution in [-0.4, -0.2) is 52.3 Å². The Morgan fingerprint density at radius 2 is 1.83 bits per heavy atom. The van der Waals surface area contributed by atoms with Gasteiger partial charge in [0.15, 0.2) is 5.96 Å². The van der Waals surface area contributed by atoms with Crippen LogP contribution in [0.3, 0.4) is 0 Å². The lowest BCUT2D eigenvalue weighted by Crippen LogP contribution is -2.36.